The second kappa shape index (κ2) is 6.19. The van der Waals surface area contributed by atoms with Crippen molar-refractivity contribution in [3.8, 4) is 0 Å². The van der Waals surface area contributed by atoms with Crippen LogP contribution in [0.25, 0.3) is 0 Å². The fourth-order valence-electron chi connectivity index (χ4n) is 1.50. The SMILES string of the molecule is CNCCN(C)Cc1ccccc1[N+](=O)[O-]. The maximum atomic E-state index is 10.8. The Morgan fingerprint density at radius 3 is 2.75 bits per heavy atom. The van der Waals surface area contributed by atoms with Gasteiger partial charge in [0.25, 0.3) is 5.69 Å². The number of nitrogens with zero attached hydrogens (tertiary/aromatic N) is 2. The summed E-state index contributed by atoms with van der Waals surface area (Å²) in [5, 5.41) is 13.8. The van der Waals surface area contributed by atoms with E-state index in [4.69, 9.17) is 0 Å². The quantitative estimate of drug-likeness (QED) is 0.582. The molecule has 0 radical (unpaired) electrons. The fourth-order valence-corrected chi connectivity index (χ4v) is 1.50. The number of nitro benzene ring substituents is 1. The maximum Gasteiger partial charge on any atom is 0.273 e. The zero-order chi connectivity index (χ0) is 12.0. The van der Waals surface area contributed by atoms with Crippen LogP contribution in [0, 0.1) is 10.1 Å². The van der Waals surface area contributed by atoms with Crippen LogP contribution in [0.5, 0.6) is 0 Å². The van der Waals surface area contributed by atoms with Gasteiger partial charge < -0.3 is 10.2 Å². The highest BCUT2D eigenvalue weighted by Crippen LogP contribution is 2.18. The van der Waals surface area contributed by atoms with Crippen LogP contribution < -0.4 is 5.32 Å². The van der Waals surface area contributed by atoms with Gasteiger partial charge in [-0.15, -0.1) is 0 Å². The average Bonchev–Trinajstić information content (AvgIpc) is 2.27. The summed E-state index contributed by atoms with van der Waals surface area (Å²) < 4.78 is 0. The molecule has 1 N–H and O–H groups in total. The number of hydrogen-bond donors (Lipinski definition) is 1. The predicted molar refractivity (Wildman–Crippen MR) is 63.4 cm³/mol. The molecule has 5 nitrogen and oxygen atoms in total. The van der Waals surface area contributed by atoms with Gasteiger partial charge in [-0.3, -0.25) is 10.1 Å². The van der Waals surface area contributed by atoms with Crippen molar-refractivity contribution in [2.75, 3.05) is 27.2 Å². The lowest BCUT2D eigenvalue weighted by molar-refractivity contribution is -0.385. The molecule has 0 saturated heterocycles. The van der Waals surface area contributed by atoms with E-state index in [0.29, 0.717) is 6.54 Å². The lowest BCUT2D eigenvalue weighted by Crippen LogP contribution is -2.27. The van der Waals surface area contributed by atoms with Crippen molar-refractivity contribution < 1.29 is 4.92 Å². The largest absolute Gasteiger partial charge is 0.318 e. The Hall–Kier alpha value is -1.46. The Labute approximate surface area is 95.2 Å². The molecule has 0 bridgehead atoms. The number of nitro groups is 1. The normalized spacial score (nSPS) is 10.7. The van der Waals surface area contributed by atoms with Crippen LogP contribution >= 0.6 is 0 Å². The first-order valence-corrected chi connectivity index (χ1v) is 5.20. The second-order valence-electron chi connectivity index (χ2n) is 3.73. The lowest BCUT2D eigenvalue weighted by Gasteiger charge is -2.16. The minimum atomic E-state index is -0.332. The van der Waals surface area contributed by atoms with Gasteiger partial charge in [-0.1, -0.05) is 18.2 Å². The molecule has 16 heavy (non-hydrogen) atoms. The van der Waals surface area contributed by atoms with Crippen molar-refractivity contribution in [1.29, 1.82) is 0 Å². The Morgan fingerprint density at radius 2 is 2.12 bits per heavy atom. The number of benzene rings is 1. The molecule has 0 aliphatic rings. The molecule has 88 valence electrons. The molecule has 5 heteroatoms. The summed E-state index contributed by atoms with van der Waals surface area (Å²) in [4.78, 5) is 12.5. The summed E-state index contributed by atoms with van der Waals surface area (Å²) in [6.45, 7) is 2.33. The minimum Gasteiger partial charge on any atom is -0.318 e. The monoisotopic (exact) mass is 223 g/mol. The van der Waals surface area contributed by atoms with Gasteiger partial charge >= 0.3 is 0 Å². The van der Waals surface area contributed by atoms with Crippen LogP contribution in [0.4, 0.5) is 5.69 Å². The van der Waals surface area contributed by atoms with Crippen LogP contribution in [0.3, 0.4) is 0 Å². The zero-order valence-corrected chi connectivity index (χ0v) is 9.64. The molecule has 0 saturated carbocycles. The van der Waals surface area contributed by atoms with Gasteiger partial charge in [-0.05, 0) is 14.1 Å². The first kappa shape index (κ1) is 12.6. The highest BCUT2D eigenvalue weighted by atomic mass is 16.6. The topological polar surface area (TPSA) is 58.4 Å². The third-order valence-corrected chi connectivity index (χ3v) is 2.37. The Bertz CT molecular complexity index is 355. The molecule has 1 aromatic carbocycles. The summed E-state index contributed by atoms with van der Waals surface area (Å²) in [7, 11) is 3.84. The number of rotatable bonds is 6. The van der Waals surface area contributed by atoms with Crippen LogP contribution in [0.15, 0.2) is 24.3 Å². The van der Waals surface area contributed by atoms with Crippen LogP contribution in [-0.4, -0.2) is 37.0 Å². The third-order valence-electron chi connectivity index (χ3n) is 2.37. The van der Waals surface area contributed by atoms with E-state index in [9.17, 15) is 10.1 Å². The van der Waals surface area contributed by atoms with E-state index in [0.717, 1.165) is 18.7 Å². The van der Waals surface area contributed by atoms with E-state index in [-0.39, 0.29) is 10.6 Å². The van der Waals surface area contributed by atoms with Gasteiger partial charge in [0, 0.05) is 31.3 Å². The highest BCUT2D eigenvalue weighted by molar-refractivity contribution is 5.39. The van der Waals surface area contributed by atoms with Gasteiger partial charge in [-0.25, -0.2) is 0 Å². The van der Waals surface area contributed by atoms with E-state index >= 15 is 0 Å². The van der Waals surface area contributed by atoms with E-state index in [1.54, 1.807) is 18.2 Å². The van der Waals surface area contributed by atoms with Gasteiger partial charge in [0.05, 0.1) is 4.92 Å². The Morgan fingerprint density at radius 1 is 1.44 bits per heavy atom. The number of likely N-dealkylation sites (N-methyl/N-ethyl adjacent to an activating group) is 2. The molecule has 1 aromatic rings. The van der Waals surface area contributed by atoms with Gasteiger partial charge in [0.2, 0.25) is 0 Å². The standard InChI is InChI=1S/C11H17N3O2/c1-12-7-8-13(2)9-10-5-3-4-6-11(10)14(15)16/h3-6,12H,7-9H2,1-2H3. The molecule has 0 atom stereocenters. The van der Waals surface area contributed by atoms with E-state index < -0.39 is 0 Å². The van der Waals surface area contributed by atoms with Crippen molar-refractivity contribution >= 4 is 5.69 Å². The van der Waals surface area contributed by atoms with Crippen LogP contribution in [0.2, 0.25) is 0 Å². The van der Waals surface area contributed by atoms with Crippen molar-refractivity contribution in [1.82, 2.24) is 10.2 Å². The highest BCUT2D eigenvalue weighted by Gasteiger charge is 2.13. The summed E-state index contributed by atoms with van der Waals surface area (Å²) in [5.74, 6) is 0. The lowest BCUT2D eigenvalue weighted by atomic mass is 10.1. The second-order valence-corrected chi connectivity index (χ2v) is 3.73. The Kier molecular flexibility index (Phi) is 4.88. The first-order chi connectivity index (χ1) is 7.65. The van der Waals surface area contributed by atoms with Gasteiger partial charge in [0.1, 0.15) is 0 Å². The predicted octanol–water partition coefficient (Wildman–Crippen LogP) is 1.25. The number of hydrogen-bond acceptors (Lipinski definition) is 4. The summed E-state index contributed by atoms with van der Waals surface area (Å²) in [5.41, 5.74) is 0.949. The smallest absolute Gasteiger partial charge is 0.273 e. The van der Waals surface area contributed by atoms with Crippen molar-refractivity contribution in [3.63, 3.8) is 0 Å². The zero-order valence-electron chi connectivity index (χ0n) is 9.64. The van der Waals surface area contributed by atoms with E-state index in [2.05, 4.69) is 10.2 Å². The molecule has 0 fully saturated rings. The molecule has 0 aromatic heterocycles. The minimum absolute atomic E-state index is 0.193. The molecule has 0 aliphatic carbocycles. The molecule has 0 heterocycles. The fraction of sp³-hybridized carbons (Fsp3) is 0.455. The van der Waals surface area contributed by atoms with E-state index in [1.165, 1.54) is 0 Å². The molecule has 0 amide bonds. The molecular formula is C11H17N3O2. The summed E-state index contributed by atoms with van der Waals surface area (Å²) >= 11 is 0. The number of nitrogens with one attached hydrogen (secondary N) is 1. The number of para-hydroxylation sites is 1. The Balaban J connectivity index is 2.69. The molecule has 0 aliphatic heterocycles. The summed E-state index contributed by atoms with van der Waals surface area (Å²) in [6.07, 6.45) is 0. The van der Waals surface area contributed by atoms with Crippen LogP contribution in [-0.2, 0) is 6.54 Å². The van der Waals surface area contributed by atoms with Crippen molar-refractivity contribution in [2.24, 2.45) is 0 Å². The van der Waals surface area contributed by atoms with Gasteiger partial charge in [0.15, 0.2) is 0 Å². The van der Waals surface area contributed by atoms with Crippen molar-refractivity contribution in [2.45, 2.75) is 6.54 Å². The third kappa shape index (κ3) is 3.60. The first-order valence-electron chi connectivity index (χ1n) is 5.20. The average molecular weight is 223 g/mol. The summed E-state index contributed by atoms with van der Waals surface area (Å²) in [6, 6.07) is 6.86. The van der Waals surface area contributed by atoms with Crippen molar-refractivity contribution in [3.05, 3.63) is 39.9 Å². The van der Waals surface area contributed by atoms with Gasteiger partial charge in [-0.2, -0.15) is 0 Å². The molecule has 0 spiro atoms. The van der Waals surface area contributed by atoms with E-state index in [1.807, 2.05) is 20.2 Å². The molecule has 0 unspecified atom stereocenters. The van der Waals surface area contributed by atoms with Crippen LogP contribution in [0.1, 0.15) is 5.56 Å². The molecule has 1 rings (SSSR count). The molecular weight excluding hydrogens is 206 g/mol. The maximum absolute atomic E-state index is 10.8.